The summed E-state index contributed by atoms with van der Waals surface area (Å²) < 4.78 is 16.4. The number of nitrogens with zero attached hydrogens (tertiary/aromatic N) is 1. The zero-order valence-electron chi connectivity index (χ0n) is 17.0. The first-order valence-electron chi connectivity index (χ1n) is 9.94. The summed E-state index contributed by atoms with van der Waals surface area (Å²) >= 11 is 0. The van der Waals surface area contributed by atoms with E-state index in [1.807, 2.05) is 37.3 Å². The quantitative estimate of drug-likeness (QED) is 0.652. The molecule has 4 rings (SSSR count). The van der Waals surface area contributed by atoms with Gasteiger partial charge in [-0.2, -0.15) is 0 Å². The van der Waals surface area contributed by atoms with Crippen LogP contribution in [0.4, 0.5) is 11.4 Å². The first kappa shape index (κ1) is 20.0. The molecular formula is C23H24N2O5. The minimum Gasteiger partial charge on any atom is -0.481 e. The second-order valence-corrected chi connectivity index (χ2v) is 7.30. The second-order valence-electron chi connectivity index (χ2n) is 7.30. The molecule has 0 unspecified atom stereocenters. The van der Waals surface area contributed by atoms with Crippen LogP contribution >= 0.6 is 0 Å². The fourth-order valence-corrected chi connectivity index (χ4v) is 3.46. The number of hydrogen-bond acceptors (Lipinski definition) is 6. The van der Waals surface area contributed by atoms with Crippen LogP contribution in [0.15, 0.2) is 57.7 Å². The van der Waals surface area contributed by atoms with Gasteiger partial charge in [-0.3, -0.25) is 4.79 Å². The number of carbonyl (C=O) groups excluding carboxylic acids is 1. The van der Waals surface area contributed by atoms with Crippen molar-refractivity contribution in [3.05, 3.63) is 64.5 Å². The van der Waals surface area contributed by atoms with Gasteiger partial charge in [-0.05, 0) is 55.8 Å². The van der Waals surface area contributed by atoms with E-state index < -0.39 is 11.7 Å². The minimum absolute atomic E-state index is 0.264. The van der Waals surface area contributed by atoms with Crippen molar-refractivity contribution in [3.8, 4) is 5.75 Å². The fraction of sp³-hybridized carbons (Fsp3) is 0.304. The van der Waals surface area contributed by atoms with Gasteiger partial charge in [0.15, 0.2) is 6.10 Å². The topological polar surface area (TPSA) is 81.0 Å². The predicted molar refractivity (Wildman–Crippen MR) is 115 cm³/mol. The summed E-state index contributed by atoms with van der Waals surface area (Å²) in [6, 6.07) is 14.4. The Bertz CT molecular complexity index is 1100. The standard InChI is InChI=1S/C23H24N2O5/c1-15-13-22(26)30-21-14-19(7-8-20(15)21)29-16(2)23(27)24-17-3-5-18(6-4-17)25-9-11-28-12-10-25/h3-8,13-14,16H,9-12H2,1-2H3,(H,24,27)/t16-/m0/s1. The number of carbonyl (C=O) groups is 1. The molecule has 7 heteroatoms. The maximum absolute atomic E-state index is 12.5. The average Bonchev–Trinajstić information content (AvgIpc) is 2.74. The van der Waals surface area contributed by atoms with E-state index in [0.717, 1.165) is 42.9 Å². The Kier molecular flexibility index (Phi) is 5.72. The number of fused-ring (bicyclic) bond motifs is 1. The van der Waals surface area contributed by atoms with Crippen LogP contribution in [0.2, 0.25) is 0 Å². The van der Waals surface area contributed by atoms with Gasteiger partial charge in [0, 0.05) is 42.0 Å². The van der Waals surface area contributed by atoms with Crippen molar-refractivity contribution in [2.75, 3.05) is 36.5 Å². The molecule has 1 aliphatic rings. The first-order chi connectivity index (χ1) is 14.5. The summed E-state index contributed by atoms with van der Waals surface area (Å²) in [6.07, 6.45) is -0.724. The lowest BCUT2D eigenvalue weighted by Crippen LogP contribution is -2.36. The highest BCUT2D eigenvalue weighted by Crippen LogP contribution is 2.23. The third-order valence-electron chi connectivity index (χ3n) is 5.12. The summed E-state index contributed by atoms with van der Waals surface area (Å²) in [4.78, 5) is 26.4. The molecule has 0 radical (unpaired) electrons. The lowest BCUT2D eigenvalue weighted by Gasteiger charge is -2.29. The third-order valence-corrected chi connectivity index (χ3v) is 5.12. The highest BCUT2D eigenvalue weighted by atomic mass is 16.5. The van der Waals surface area contributed by atoms with E-state index in [9.17, 15) is 9.59 Å². The van der Waals surface area contributed by atoms with Crippen molar-refractivity contribution < 1.29 is 18.7 Å². The van der Waals surface area contributed by atoms with Crippen molar-refractivity contribution >= 4 is 28.3 Å². The zero-order chi connectivity index (χ0) is 21.1. The predicted octanol–water partition coefficient (Wildman–Crippen LogP) is 3.34. The Morgan fingerprint density at radius 1 is 1.10 bits per heavy atom. The van der Waals surface area contributed by atoms with E-state index in [0.29, 0.717) is 17.0 Å². The van der Waals surface area contributed by atoms with E-state index in [-0.39, 0.29) is 5.91 Å². The molecule has 0 saturated carbocycles. The number of morpholine rings is 1. The maximum Gasteiger partial charge on any atom is 0.336 e. The van der Waals surface area contributed by atoms with Crippen molar-refractivity contribution in [1.29, 1.82) is 0 Å². The molecule has 1 N–H and O–H groups in total. The monoisotopic (exact) mass is 408 g/mol. The van der Waals surface area contributed by atoms with Gasteiger partial charge in [0.05, 0.1) is 13.2 Å². The molecule has 0 aliphatic carbocycles. The molecule has 30 heavy (non-hydrogen) atoms. The summed E-state index contributed by atoms with van der Waals surface area (Å²) in [6.45, 7) is 6.70. The number of amides is 1. The van der Waals surface area contributed by atoms with Crippen LogP contribution in [-0.4, -0.2) is 38.3 Å². The lowest BCUT2D eigenvalue weighted by atomic mass is 10.1. The van der Waals surface area contributed by atoms with Crippen molar-refractivity contribution in [1.82, 2.24) is 0 Å². The maximum atomic E-state index is 12.5. The Morgan fingerprint density at radius 3 is 2.57 bits per heavy atom. The van der Waals surface area contributed by atoms with Crippen LogP contribution in [0.25, 0.3) is 11.0 Å². The molecule has 1 saturated heterocycles. The normalized spacial score (nSPS) is 15.1. The minimum atomic E-state index is -0.724. The van der Waals surface area contributed by atoms with Crippen LogP contribution in [-0.2, 0) is 9.53 Å². The zero-order valence-corrected chi connectivity index (χ0v) is 17.0. The SMILES string of the molecule is Cc1cc(=O)oc2cc(O[C@@H](C)C(=O)Nc3ccc(N4CCOCC4)cc3)ccc12. The molecule has 1 aromatic heterocycles. The molecule has 7 nitrogen and oxygen atoms in total. The molecule has 1 fully saturated rings. The Morgan fingerprint density at radius 2 is 1.83 bits per heavy atom. The van der Waals surface area contributed by atoms with Crippen molar-refractivity contribution in [2.24, 2.45) is 0 Å². The third kappa shape index (κ3) is 4.46. The highest BCUT2D eigenvalue weighted by molar-refractivity contribution is 5.94. The van der Waals surface area contributed by atoms with Crippen LogP contribution in [0, 0.1) is 6.92 Å². The van der Waals surface area contributed by atoms with Gasteiger partial charge in [-0.15, -0.1) is 0 Å². The molecule has 0 bridgehead atoms. The van der Waals surface area contributed by atoms with Gasteiger partial charge in [0.25, 0.3) is 5.91 Å². The summed E-state index contributed by atoms with van der Waals surface area (Å²) in [7, 11) is 0. The van der Waals surface area contributed by atoms with E-state index in [2.05, 4.69) is 10.2 Å². The molecule has 1 aliphatic heterocycles. The molecule has 2 heterocycles. The number of aryl methyl sites for hydroxylation is 1. The van der Waals surface area contributed by atoms with Gasteiger partial charge < -0.3 is 24.1 Å². The summed E-state index contributed by atoms with van der Waals surface area (Å²) in [5.74, 6) is 0.196. The number of hydrogen-bond donors (Lipinski definition) is 1. The summed E-state index contributed by atoms with van der Waals surface area (Å²) in [5, 5.41) is 3.70. The Balaban J connectivity index is 1.40. The largest absolute Gasteiger partial charge is 0.481 e. The van der Waals surface area contributed by atoms with E-state index in [4.69, 9.17) is 13.9 Å². The van der Waals surface area contributed by atoms with Crippen LogP contribution in [0.1, 0.15) is 12.5 Å². The molecule has 0 spiro atoms. The number of benzene rings is 2. The Labute approximate surface area is 174 Å². The molecule has 1 amide bonds. The van der Waals surface area contributed by atoms with Crippen molar-refractivity contribution in [3.63, 3.8) is 0 Å². The molecule has 3 aromatic rings. The molecule has 2 aromatic carbocycles. The number of rotatable bonds is 5. The number of anilines is 2. The van der Waals surface area contributed by atoms with Crippen molar-refractivity contribution in [2.45, 2.75) is 20.0 Å². The van der Waals surface area contributed by atoms with Crippen LogP contribution in [0.3, 0.4) is 0 Å². The second kappa shape index (κ2) is 8.59. The average molecular weight is 408 g/mol. The molecule has 1 atom stereocenters. The molecular weight excluding hydrogens is 384 g/mol. The van der Waals surface area contributed by atoms with Crippen LogP contribution in [0.5, 0.6) is 5.75 Å². The smallest absolute Gasteiger partial charge is 0.336 e. The van der Waals surface area contributed by atoms with E-state index >= 15 is 0 Å². The Hall–Kier alpha value is -3.32. The van der Waals surface area contributed by atoms with E-state index in [1.165, 1.54) is 6.07 Å². The lowest BCUT2D eigenvalue weighted by molar-refractivity contribution is -0.122. The van der Waals surface area contributed by atoms with Crippen LogP contribution < -0.4 is 20.6 Å². The van der Waals surface area contributed by atoms with Gasteiger partial charge in [-0.1, -0.05) is 0 Å². The molecule has 156 valence electrons. The number of nitrogens with one attached hydrogen (secondary N) is 1. The first-order valence-corrected chi connectivity index (χ1v) is 9.94. The van der Waals surface area contributed by atoms with Gasteiger partial charge in [0.2, 0.25) is 0 Å². The van der Waals surface area contributed by atoms with Gasteiger partial charge in [0.1, 0.15) is 11.3 Å². The fourth-order valence-electron chi connectivity index (χ4n) is 3.46. The van der Waals surface area contributed by atoms with Gasteiger partial charge in [-0.25, -0.2) is 4.79 Å². The van der Waals surface area contributed by atoms with E-state index in [1.54, 1.807) is 19.1 Å². The highest BCUT2D eigenvalue weighted by Gasteiger charge is 2.16. The van der Waals surface area contributed by atoms with Gasteiger partial charge >= 0.3 is 5.63 Å². The summed E-state index contributed by atoms with van der Waals surface area (Å²) in [5.41, 5.74) is 2.66. The number of ether oxygens (including phenoxy) is 2.